The average Bonchev–Trinajstić information content (AvgIpc) is 2.93. The zero-order valence-electron chi connectivity index (χ0n) is 12.1. The van der Waals surface area contributed by atoms with Crippen LogP contribution in [0.3, 0.4) is 0 Å². The zero-order chi connectivity index (χ0) is 15.0. The first kappa shape index (κ1) is 13.6. The lowest BCUT2D eigenvalue weighted by molar-refractivity contribution is -0.130. The molecule has 1 aliphatic heterocycles. The van der Waals surface area contributed by atoms with Crippen molar-refractivity contribution in [3.63, 3.8) is 0 Å². The maximum Gasteiger partial charge on any atom is 0.261 e. The summed E-state index contributed by atoms with van der Waals surface area (Å²) in [5.74, 6) is 1.23. The molecular formula is C15H17N3O3. The Balaban J connectivity index is 1.93. The van der Waals surface area contributed by atoms with Crippen LogP contribution in [-0.4, -0.2) is 41.1 Å². The van der Waals surface area contributed by atoms with Crippen LogP contribution >= 0.6 is 0 Å². The number of rotatable bonds is 3. The molecule has 2 heterocycles. The highest BCUT2D eigenvalue weighted by Crippen LogP contribution is 2.19. The largest absolute Gasteiger partial charge is 0.484 e. The van der Waals surface area contributed by atoms with Crippen molar-refractivity contribution in [2.24, 2.45) is 0 Å². The van der Waals surface area contributed by atoms with Gasteiger partial charge >= 0.3 is 0 Å². The number of hydrogen-bond donors (Lipinski definition) is 0. The monoisotopic (exact) mass is 287 g/mol. The van der Waals surface area contributed by atoms with Gasteiger partial charge in [-0.05, 0) is 24.6 Å². The molecule has 0 aliphatic carbocycles. The van der Waals surface area contributed by atoms with Crippen LogP contribution in [0, 0.1) is 0 Å². The van der Waals surface area contributed by atoms with E-state index in [0.29, 0.717) is 16.7 Å². The topological polar surface area (TPSA) is 64.4 Å². The van der Waals surface area contributed by atoms with Crippen LogP contribution in [-0.2, 0) is 17.8 Å². The summed E-state index contributed by atoms with van der Waals surface area (Å²) in [5, 5.41) is 0.537. The van der Waals surface area contributed by atoms with Crippen molar-refractivity contribution < 1.29 is 9.53 Å². The normalized spacial score (nSPS) is 13.2. The third-order valence-corrected chi connectivity index (χ3v) is 3.65. The van der Waals surface area contributed by atoms with E-state index in [9.17, 15) is 9.59 Å². The Hall–Kier alpha value is -2.37. The Labute approximate surface area is 122 Å². The summed E-state index contributed by atoms with van der Waals surface area (Å²) < 4.78 is 7.16. The van der Waals surface area contributed by atoms with Crippen LogP contribution in [0.5, 0.6) is 5.75 Å². The molecule has 1 aliphatic rings. The van der Waals surface area contributed by atoms with Crippen molar-refractivity contribution in [1.82, 2.24) is 14.5 Å². The number of amides is 1. The van der Waals surface area contributed by atoms with Crippen molar-refractivity contribution in [1.29, 1.82) is 0 Å². The van der Waals surface area contributed by atoms with Crippen LogP contribution in [0.1, 0.15) is 12.2 Å². The summed E-state index contributed by atoms with van der Waals surface area (Å²) in [4.78, 5) is 29.9. The third-order valence-electron chi connectivity index (χ3n) is 3.65. The highest BCUT2D eigenvalue weighted by Gasteiger charge is 2.16. The zero-order valence-corrected chi connectivity index (χ0v) is 12.1. The summed E-state index contributed by atoms with van der Waals surface area (Å²) in [7, 11) is 3.34. The van der Waals surface area contributed by atoms with E-state index in [1.807, 2.05) is 0 Å². The quantitative estimate of drug-likeness (QED) is 0.838. The smallest absolute Gasteiger partial charge is 0.261 e. The first-order valence-electron chi connectivity index (χ1n) is 6.92. The van der Waals surface area contributed by atoms with Crippen molar-refractivity contribution in [2.45, 2.75) is 19.4 Å². The van der Waals surface area contributed by atoms with Crippen molar-refractivity contribution >= 4 is 16.8 Å². The Bertz CT molecular complexity index is 765. The Morgan fingerprint density at radius 3 is 3.00 bits per heavy atom. The first-order valence-corrected chi connectivity index (χ1v) is 6.92. The molecule has 0 atom stereocenters. The molecule has 0 radical (unpaired) electrons. The molecule has 3 rings (SSSR count). The number of hydrogen-bond acceptors (Lipinski definition) is 4. The lowest BCUT2D eigenvalue weighted by atomic mass is 10.2. The van der Waals surface area contributed by atoms with Crippen LogP contribution in [0.4, 0.5) is 0 Å². The van der Waals surface area contributed by atoms with E-state index < -0.39 is 0 Å². The second-order valence-corrected chi connectivity index (χ2v) is 5.34. The van der Waals surface area contributed by atoms with Crippen LogP contribution in [0.2, 0.25) is 0 Å². The number of fused-ring (bicyclic) bond motifs is 2. The molecule has 1 aromatic heterocycles. The van der Waals surface area contributed by atoms with Gasteiger partial charge in [0.15, 0.2) is 6.61 Å². The van der Waals surface area contributed by atoms with Gasteiger partial charge in [0, 0.05) is 27.1 Å². The first-order chi connectivity index (χ1) is 10.1. The number of carbonyl (C=O) groups is 1. The number of aryl methyl sites for hydroxylation is 1. The lowest BCUT2D eigenvalue weighted by Gasteiger charge is -2.12. The molecular weight excluding hydrogens is 270 g/mol. The van der Waals surface area contributed by atoms with Crippen molar-refractivity contribution in [2.75, 3.05) is 20.7 Å². The Morgan fingerprint density at radius 2 is 2.24 bits per heavy atom. The highest BCUT2D eigenvalue weighted by atomic mass is 16.5. The summed E-state index contributed by atoms with van der Waals surface area (Å²) in [6, 6.07) is 5.17. The minimum atomic E-state index is -0.126. The van der Waals surface area contributed by atoms with Gasteiger partial charge < -0.3 is 9.64 Å². The van der Waals surface area contributed by atoms with E-state index in [0.717, 1.165) is 25.2 Å². The summed E-state index contributed by atoms with van der Waals surface area (Å²) in [6.45, 7) is 0.680. The number of nitrogens with zero attached hydrogens (tertiary/aromatic N) is 3. The Morgan fingerprint density at radius 1 is 1.43 bits per heavy atom. The standard InChI is InChI=1S/C15H17N3O3/c1-17(2)14(19)9-21-10-5-6-12-11(8-10)15(20)18-7-3-4-13(18)16-12/h5-6,8H,3-4,7,9H2,1-2H3. The number of ether oxygens (including phenoxy) is 1. The van der Waals surface area contributed by atoms with E-state index in [-0.39, 0.29) is 18.1 Å². The van der Waals surface area contributed by atoms with Crippen LogP contribution < -0.4 is 10.3 Å². The number of carbonyl (C=O) groups excluding carboxylic acids is 1. The van der Waals surface area contributed by atoms with Crippen LogP contribution in [0.15, 0.2) is 23.0 Å². The van der Waals surface area contributed by atoms with E-state index in [1.54, 1.807) is 36.9 Å². The molecule has 6 heteroatoms. The molecule has 1 amide bonds. The predicted octanol–water partition coefficient (Wildman–Crippen LogP) is 0.810. The molecule has 2 aromatic rings. The van der Waals surface area contributed by atoms with Gasteiger partial charge in [0.05, 0.1) is 10.9 Å². The summed E-state index contributed by atoms with van der Waals surface area (Å²) in [5.41, 5.74) is 0.649. The maximum atomic E-state index is 12.4. The molecule has 0 saturated heterocycles. The molecule has 0 saturated carbocycles. The van der Waals surface area contributed by atoms with Gasteiger partial charge in [0.2, 0.25) is 0 Å². The maximum absolute atomic E-state index is 12.4. The third kappa shape index (κ3) is 2.49. The fourth-order valence-corrected chi connectivity index (χ4v) is 2.43. The lowest BCUT2D eigenvalue weighted by Crippen LogP contribution is -2.27. The predicted molar refractivity (Wildman–Crippen MR) is 78.5 cm³/mol. The second-order valence-electron chi connectivity index (χ2n) is 5.34. The van der Waals surface area contributed by atoms with Gasteiger partial charge in [-0.1, -0.05) is 0 Å². The van der Waals surface area contributed by atoms with E-state index >= 15 is 0 Å². The molecule has 0 unspecified atom stereocenters. The minimum absolute atomic E-state index is 0.0307. The van der Waals surface area contributed by atoms with E-state index in [1.165, 1.54) is 4.90 Å². The molecule has 6 nitrogen and oxygen atoms in total. The number of aromatic nitrogens is 2. The molecule has 110 valence electrons. The molecule has 21 heavy (non-hydrogen) atoms. The summed E-state index contributed by atoms with van der Waals surface area (Å²) >= 11 is 0. The van der Waals surface area contributed by atoms with Crippen LogP contribution in [0.25, 0.3) is 10.9 Å². The average molecular weight is 287 g/mol. The highest BCUT2D eigenvalue weighted by molar-refractivity contribution is 5.80. The molecule has 0 bridgehead atoms. The van der Waals surface area contributed by atoms with Gasteiger partial charge in [-0.15, -0.1) is 0 Å². The molecule has 0 N–H and O–H groups in total. The molecule has 0 fully saturated rings. The molecule has 0 spiro atoms. The van der Waals surface area contributed by atoms with Crippen molar-refractivity contribution in [3.05, 3.63) is 34.4 Å². The van der Waals surface area contributed by atoms with Gasteiger partial charge in [0.1, 0.15) is 11.6 Å². The minimum Gasteiger partial charge on any atom is -0.484 e. The van der Waals surface area contributed by atoms with Gasteiger partial charge in [-0.3, -0.25) is 14.2 Å². The van der Waals surface area contributed by atoms with Crippen molar-refractivity contribution in [3.8, 4) is 5.75 Å². The van der Waals surface area contributed by atoms with Gasteiger partial charge in [-0.2, -0.15) is 0 Å². The molecule has 1 aromatic carbocycles. The number of likely N-dealkylation sites (N-methyl/N-ethyl adjacent to an activating group) is 1. The fourth-order valence-electron chi connectivity index (χ4n) is 2.43. The van der Waals surface area contributed by atoms with Gasteiger partial charge in [-0.25, -0.2) is 4.98 Å². The van der Waals surface area contributed by atoms with Gasteiger partial charge in [0.25, 0.3) is 11.5 Å². The fraction of sp³-hybridized carbons (Fsp3) is 0.400. The van der Waals surface area contributed by atoms with E-state index in [2.05, 4.69) is 4.98 Å². The summed E-state index contributed by atoms with van der Waals surface area (Å²) in [6.07, 6.45) is 1.81. The second kappa shape index (κ2) is 5.20. The van der Waals surface area contributed by atoms with E-state index in [4.69, 9.17) is 4.74 Å². The Kier molecular flexibility index (Phi) is 3.37. The SMILES string of the molecule is CN(C)C(=O)COc1ccc2nc3n(c(=O)c2c1)CCC3. The number of benzene rings is 1.